The molecule has 3 aliphatic heterocycles. The van der Waals surface area contributed by atoms with E-state index in [1.807, 2.05) is 0 Å². The fraction of sp³-hybridized carbons (Fsp3) is 0.833. The SMILES string of the molecule is O=C1NC2(CCNCC2)C(=O)N1C1CCOCC1. The van der Waals surface area contributed by atoms with E-state index in [0.717, 1.165) is 25.9 Å². The zero-order valence-electron chi connectivity index (χ0n) is 10.4. The molecule has 0 aliphatic carbocycles. The molecule has 0 aromatic heterocycles. The van der Waals surface area contributed by atoms with Crippen LogP contribution in [0.4, 0.5) is 4.79 Å². The third-order valence-corrected chi connectivity index (χ3v) is 4.21. The number of carbonyl (C=O) groups excluding carboxylic acids is 2. The molecular weight excluding hydrogens is 234 g/mol. The van der Waals surface area contributed by atoms with E-state index in [2.05, 4.69) is 10.6 Å². The van der Waals surface area contributed by atoms with Gasteiger partial charge in [0.2, 0.25) is 0 Å². The molecule has 0 saturated carbocycles. The van der Waals surface area contributed by atoms with Crippen LogP contribution in [0.15, 0.2) is 0 Å². The van der Waals surface area contributed by atoms with Crippen LogP contribution in [0.5, 0.6) is 0 Å². The van der Waals surface area contributed by atoms with Gasteiger partial charge >= 0.3 is 6.03 Å². The van der Waals surface area contributed by atoms with Gasteiger partial charge in [0.25, 0.3) is 5.91 Å². The Balaban J connectivity index is 1.79. The van der Waals surface area contributed by atoms with Gasteiger partial charge in [0.05, 0.1) is 0 Å². The average molecular weight is 253 g/mol. The minimum Gasteiger partial charge on any atom is -0.381 e. The Morgan fingerprint density at radius 2 is 1.83 bits per heavy atom. The van der Waals surface area contributed by atoms with Crippen molar-refractivity contribution in [2.45, 2.75) is 37.3 Å². The van der Waals surface area contributed by atoms with Crippen molar-refractivity contribution in [2.24, 2.45) is 0 Å². The van der Waals surface area contributed by atoms with Gasteiger partial charge in [-0.15, -0.1) is 0 Å². The van der Waals surface area contributed by atoms with Crippen molar-refractivity contribution in [2.75, 3.05) is 26.3 Å². The Morgan fingerprint density at radius 1 is 1.17 bits per heavy atom. The third-order valence-electron chi connectivity index (χ3n) is 4.21. The largest absolute Gasteiger partial charge is 0.381 e. The number of imide groups is 1. The number of carbonyl (C=O) groups is 2. The first-order chi connectivity index (χ1) is 8.73. The molecule has 0 aromatic rings. The Labute approximate surface area is 106 Å². The van der Waals surface area contributed by atoms with E-state index in [0.29, 0.717) is 26.1 Å². The van der Waals surface area contributed by atoms with Crippen molar-refractivity contribution < 1.29 is 14.3 Å². The summed E-state index contributed by atoms with van der Waals surface area (Å²) in [5.41, 5.74) is -0.638. The van der Waals surface area contributed by atoms with Gasteiger partial charge in [0.15, 0.2) is 0 Å². The minimum absolute atomic E-state index is 0.0144. The molecule has 6 nitrogen and oxygen atoms in total. The van der Waals surface area contributed by atoms with Gasteiger partial charge in [-0.1, -0.05) is 0 Å². The van der Waals surface area contributed by atoms with E-state index in [1.54, 1.807) is 0 Å². The molecule has 0 aromatic carbocycles. The number of amides is 3. The molecule has 0 atom stereocenters. The standard InChI is InChI=1S/C12H19N3O3/c16-10-12(3-5-13-6-4-12)14-11(17)15(10)9-1-7-18-8-2-9/h9,13H,1-8H2,(H,14,17). The van der Waals surface area contributed by atoms with Gasteiger partial charge in [-0.2, -0.15) is 0 Å². The molecule has 3 rings (SSSR count). The fourth-order valence-electron chi connectivity index (χ4n) is 3.11. The summed E-state index contributed by atoms with van der Waals surface area (Å²) in [6.07, 6.45) is 2.90. The first kappa shape index (κ1) is 11.9. The molecule has 100 valence electrons. The summed E-state index contributed by atoms with van der Waals surface area (Å²) in [7, 11) is 0. The number of urea groups is 1. The zero-order valence-corrected chi connectivity index (χ0v) is 10.4. The number of nitrogens with one attached hydrogen (secondary N) is 2. The van der Waals surface area contributed by atoms with Gasteiger partial charge < -0.3 is 15.4 Å². The monoisotopic (exact) mass is 253 g/mol. The summed E-state index contributed by atoms with van der Waals surface area (Å²) >= 11 is 0. The second-order valence-electron chi connectivity index (χ2n) is 5.28. The molecule has 1 spiro atoms. The van der Waals surface area contributed by atoms with Crippen LogP contribution in [0, 0.1) is 0 Å². The number of piperidine rings is 1. The predicted octanol–water partition coefficient (Wildman–Crippen LogP) is -0.161. The van der Waals surface area contributed by atoms with Crippen LogP contribution >= 0.6 is 0 Å². The molecule has 0 unspecified atom stereocenters. The molecule has 3 fully saturated rings. The van der Waals surface area contributed by atoms with Crippen molar-refractivity contribution in [3.05, 3.63) is 0 Å². The predicted molar refractivity (Wildman–Crippen MR) is 64.1 cm³/mol. The van der Waals surface area contributed by atoms with E-state index in [1.165, 1.54) is 4.90 Å². The lowest BCUT2D eigenvalue weighted by atomic mass is 9.88. The minimum atomic E-state index is -0.638. The van der Waals surface area contributed by atoms with Crippen molar-refractivity contribution >= 4 is 11.9 Å². The lowest BCUT2D eigenvalue weighted by Crippen LogP contribution is -2.54. The van der Waals surface area contributed by atoms with E-state index in [-0.39, 0.29) is 18.0 Å². The van der Waals surface area contributed by atoms with Crippen molar-refractivity contribution in [1.29, 1.82) is 0 Å². The Kier molecular flexibility index (Phi) is 2.99. The van der Waals surface area contributed by atoms with Crippen LogP contribution < -0.4 is 10.6 Å². The number of hydrogen-bond acceptors (Lipinski definition) is 4. The van der Waals surface area contributed by atoms with Crippen LogP contribution in [0.25, 0.3) is 0 Å². The molecule has 2 N–H and O–H groups in total. The fourth-order valence-corrected chi connectivity index (χ4v) is 3.11. The highest BCUT2D eigenvalue weighted by Gasteiger charge is 2.53. The van der Waals surface area contributed by atoms with Crippen LogP contribution in [-0.2, 0) is 9.53 Å². The Hall–Kier alpha value is -1.14. The molecule has 3 saturated heterocycles. The van der Waals surface area contributed by atoms with Gasteiger partial charge in [-0.3, -0.25) is 9.69 Å². The zero-order chi connectivity index (χ0) is 12.6. The average Bonchev–Trinajstić information content (AvgIpc) is 2.63. The van der Waals surface area contributed by atoms with Gasteiger partial charge in [-0.05, 0) is 38.8 Å². The maximum atomic E-state index is 12.6. The summed E-state index contributed by atoms with van der Waals surface area (Å²) in [4.78, 5) is 26.1. The Morgan fingerprint density at radius 3 is 2.50 bits per heavy atom. The number of rotatable bonds is 1. The van der Waals surface area contributed by atoms with Gasteiger partial charge in [-0.25, -0.2) is 4.79 Å². The van der Waals surface area contributed by atoms with Crippen molar-refractivity contribution in [1.82, 2.24) is 15.5 Å². The molecule has 3 aliphatic rings. The van der Waals surface area contributed by atoms with Crippen LogP contribution in [0.3, 0.4) is 0 Å². The van der Waals surface area contributed by atoms with E-state index in [9.17, 15) is 9.59 Å². The molecule has 3 heterocycles. The lowest BCUT2D eigenvalue weighted by molar-refractivity contribution is -0.135. The Bertz CT molecular complexity index is 360. The highest BCUT2D eigenvalue weighted by atomic mass is 16.5. The smallest absolute Gasteiger partial charge is 0.325 e. The molecule has 0 bridgehead atoms. The molecular formula is C12H19N3O3. The van der Waals surface area contributed by atoms with E-state index >= 15 is 0 Å². The number of ether oxygens (including phenoxy) is 1. The lowest BCUT2D eigenvalue weighted by Gasteiger charge is -2.33. The first-order valence-corrected chi connectivity index (χ1v) is 6.67. The molecule has 0 radical (unpaired) electrons. The molecule has 18 heavy (non-hydrogen) atoms. The second-order valence-corrected chi connectivity index (χ2v) is 5.28. The highest BCUT2D eigenvalue weighted by molar-refractivity contribution is 6.07. The van der Waals surface area contributed by atoms with Crippen LogP contribution in [0.1, 0.15) is 25.7 Å². The summed E-state index contributed by atoms with van der Waals surface area (Å²) in [6.45, 7) is 2.84. The third kappa shape index (κ3) is 1.80. The second kappa shape index (κ2) is 4.51. The first-order valence-electron chi connectivity index (χ1n) is 6.67. The van der Waals surface area contributed by atoms with E-state index in [4.69, 9.17) is 4.74 Å². The maximum absolute atomic E-state index is 12.6. The summed E-state index contributed by atoms with van der Waals surface area (Å²) in [5.74, 6) is -0.0269. The summed E-state index contributed by atoms with van der Waals surface area (Å²) < 4.78 is 5.29. The summed E-state index contributed by atoms with van der Waals surface area (Å²) in [6, 6.07) is -0.200. The van der Waals surface area contributed by atoms with Crippen molar-refractivity contribution in [3.63, 3.8) is 0 Å². The van der Waals surface area contributed by atoms with Crippen LogP contribution in [-0.4, -0.2) is 54.7 Å². The van der Waals surface area contributed by atoms with Crippen molar-refractivity contribution in [3.8, 4) is 0 Å². The quantitative estimate of drug-likeness (QED) is 0.637. The number of nitrogens with zero attached hydrogens (tertiary/aromatic N) is 1. The molecule has 3 amide bonds. The van der Waals surface area contributed by atoms with Gasteiger partial charge in [0.1, 0.15) is 5.54 Å². The van der Waals surface area contributed by atoms with E-state index < -0.39 is 5.54 Å². The highest BCUT2D eigenvalue weighted by Crippen LogP contribution is 2.30. The maximum Gasteiger partial charge on any atom is 0.325 e. The normalized spacial score (nSPS) is 28.8. The van der Waals surface area contributed by atoms with Gasteiger partial charge in [0, 0.05) is 19.3 Å². The molecule has 6 heteroatoms. The number of hydrogen-bond donors (Lipinski definition) is 2. The van der Waals surface area contributed by atoms with Crippen LogP contribution in [0.2, 0.25) is 0 Å². The topological polar surface area (TPSA) is 70.7 Å². The summed E-state index contributed by atoms with van der Waals surface area (Å²) in [5, 5.41) is 6.15.